The number of alkyl halides is 3. The summed E-state index contributed by atoms with van der Waals surface area (Å²) in [4.78, 5) is 0. The lowest BCUT2D eigenvalue weighted by molar-refractivity contribution is -0.326. The fraction of sp³-hybridized carbons (Fsp3) is 0.750. The molecule has 1 saturated heterocycles. The van der Waals surface area contributed by atoms with Gasteiger partial charge in [0.15, 0.2) is 0 Å². The lowest BCUT2D eigenvalue weighted by Gasteiger charge is -2.10. The summed E-state index contributed by atoms with van der Waals surface area (Å²) in [5.74, 6) is 0.473. The van der Waals surface area contributed by atoms with Crippen LogP contribution in [-0.4, -0.2) is 17.7 Å². The van der Waals surface area contributed by atoms with E-state index >= 15 is 0 Å². The molecule has 0 amide bonds. The zero-order valence-corrected chi connectivity index (χ0v) is 5.63. The van der Waals surface area contributed by atoms with Crippen LogP contribution in [0.25, 0.3) is 0 Å². The zero-order valence-electron chi connectivity index (χ0n) is 4.81. The first kappa shape index (κ1) is 8.16. The van der Waals surface area contributed by atoms with Gasteiger partial charge in [-0.15, -0.1) is 24.9 Å². The second-order valence-electron chi connectivity index (χ2n) is 1.61. The standard InChI is InChI=1S/C4H5F3NOS/c5-4(6,7)9-3-1-8-2-10-3/h1,3,8H,2H2. The SMILES string of the molecule is FC(F)(F)OC1[CH]NCS1. The lowest BCUT2D eigenvalue weighted by Crippen LogP contribution is -2.20. The molecule has 2 nitrogen and oxygen atoms in total. The van der Waals surface area contributed by atoms with Gasteiger partial charge in [0, 0.05) is 5.88 Å². The van der Waals surface area contributed by atoms with Crippen LogP contribution in [0.4, 0.5) is 13.2 Å². The predicted molar refractivity (Wildman–Crippen MR) is 30.8 cm³/mol. The summed E-state index contributed by atoms with van der Waals surface area (Å²) in [6.07, 6.45) is -4.53. The van der Waals surface area contributed by atoms with Crippen LogP contribution in [0, 0.1) is 6.54 Å². The first-order chi connectivity index (χ1) is 4.58. The van der Waals surface area contributed by atoms with Crippen molar-refractivity contribution in [3.63, 3.8) is 0 Å². The van der Waals surface area contributed by atoms with E-state index in [1.165, 1.54) is 6.54 Å². The Morgan fingerprint density at radius 3 is 2.70 bits per heavy atom. The van der Waals surface area contributed by atoms with Gasteiger partial charge in [0.05, 0.1) is 6.54 Å². The van der Waals surface area contributed by atoms with Gasteiger partial charge in [-0.1, -0.05) is 0 Å². The number of thioether (sulfide) groups is 1. The lowest BCUT2D eigenvalue weighted by atomic mass is 10.7. The molecule has 0 aliphatic carbocycles. The molecule has 6 heteroatoms. The Hall–Kier alpha value is 0.0600. The Labute approximate surface area is 60.1 Å². The van der Waals surface area contributed by atoms with Crippen molar-refractivity contribution in [2.45, 2.75) is 11.8 Å². The minimum Gasteiger partial charge on any atom is -0.300 e. The van der Waals surface area contributed by atoms with Crippen molar-refractivity contribution in [1.82, 2.24) is 5.32 Å². The van der Waals surface area contributed by atoms with Gasteiger partial charge in [0.1, 0.15) is 5.44 Å². The van der Waals surface area contributed by atoms with Crippen molar-refractivity contribution in [2.75, 3.05) is 5.88 Å². The van der Waals surface area contributed by atoms with Crippen molar-refractivity contribution in [2.24, 2.45) is 0 Å². The molecular weight excluding hydrogens is 167 g/mol. The van der Waals surface area contributed by atoms with E-state index in [0.29, 0.717) is 5.88 Å². The first-order valence-electron chi connectivity index (χ1n) is 2.51. The van der Waals surface area contributed by atoms with E-state index in [1.807, 2.05) is 0 Å². The average Bonchev–Trinajstić information content (AvgIpc) is 2.12. The van der Waals surface area contributed by atoms with Gasteiger partial charge >= 0.3 is 6.36 Å². The molecule has 1 N–H and O–H groups in total. The Morgan fingerprint density at radius 2 is 2.30 bits per heavy atom. The van der Waals surface area contributed by atoms with Crippen LogP contribution in [-0.2, 0) is 4.74 Å². The first-order valence-corrected chi connectivity index (χ1v) is 3.56. The van der Waals surface area contributed by atoms with Gasteiger partial charge in [-0.25, -0.2) is 0 Å². The molecule has 1 heterocycles. The van der Waals surface area contributed by atoms with Crippen LogP contribution in [0.2, 0.25) is 0 Å². The van der Waals surface area contributed by atoms with E-state index in [4.69, 9.17) is 0 Å². The van der Waals surface area contributed by atoms with Gasteiger partial charge in [-0.2, -0.15) is 0 Å². The maximum atomic E-state index is 11.4. The summed E-state index contributed by atoms with van der Waals surface area (Å²) in [5.41, 5.74) is -0.889. The van der Waals surface area contributed by atoms with Crippen LogP contribution in [0.5, 0.6) is 0 Å². The van der Waals surface area contributed by atoms with Gasteiger partial charge in [-0.05, 0) is 0 Å². The second-order valence-corrected chi connectivity index (χ2v) is 2.70. The molecule has 0 aromatic carbocycles. The van der Waals surface area contributed by atoms with Gasteiger partial charge in [0.2, 0.25) is 0 Å². The highest BCUT2D eigenvalue weighted by Gasteiger charge is 2.35. The fourth-order valence-corrected chi connectivity index (χ4v) is 1.25. The third-order valence-electron chi connectivity index (χ3n) is 0.835. The molecule has 1 fully saturated rings. The third kappa shape index (κ3) is 2.76. The summed E-state index contributed by atoms with van der Waals surface area (Å²) in [5, 5.41) is 2.61. The number of hydrogen-bond donors (Lipinski definition) is 1. The summed E-state index contributed by atoms with van der Waals surface area (Å²) < 4.78 is 37.9. The smallest absolute Gasteiger partial charge is 0.300 e. The normalized spacial score (nSPS) is 27.3. The molecule has 0 bridgehead atoms. The highest BCUT2D eigenvalue weighted by atomic mass is 32.2. The van der Waals surface area contributed by atoms with Crippen molar-refractivity contribution >= 4 is 11.8 Å². The number of nitrogens with one attached hydrogen (secondary N) is 1. The average molecular weight is 172 g/mol. The quantitative estimate of drug-likeness (QED) is 0.644. The Balaban J connectivity index is 2.24. The van der Waals surface area contributed by atoms with Crippen LogP contribution in [0.15, 0.2) is 0 Å². The number of rotatable bonds is 1. The van der Waals surface area contributed by atoms with Gasteiger partial charge in [0.25, 0.3) is 0 Å². The Morgan fingerprint density at radius 1 is 1.60 bits per heavy atom. The molecule has 1 unspecified atom stereocenters. The van der Waals surface area contributed by atoms with Crippen LogP contribution < -0.4 is 5.32 Å². The Kier molecular flexibility index (Phi) is 2.43. The predicted octanol–water partition coefficient (Wildman–Crippen LogP) is 1.30. The molecular formula is C4H5F3NOS. The van der Waals surface area contributed by atoms with E-state index < -0.39 is 11.8 Å². The van der Waals surface area contributed by atoms with E-state index in [2.05, 4.69) is 10.1 Å². The minimum absolute atomic E-state index is 0.473. The second kappa shape index (κ2) is 2.98. The van der Waals surface area contributed by atoms with Gasteiger partial charge in [-0.3, -0.25) is 4.74 Å². The van der Waals surface area contributed by atoms with Crippen LogP contribution >= 0.6 is 11.8 Å². The monoisotopic (exact) mass is 172 g/mol. The molecule has 1 rings (SSSR count). The maximum Gasteiger partial charge on any atom is 0.523 e. The molecule has 0 saturated carbocycles. The summed E-state index contributed by atoms with van der Waals surface area (Å²) in [7, 11) is 0. The van der Waals surface area contributed by atoms with Gasteiger partial charge < -0.3 is 5.32 Å². The number of ether oxygens (including phenoxy) is 1. The zero-order chi connectivity index (χ0) is 7.61. The number of halogens is 3. The molecule has 1 aliphatic rings. The summed E-state index contributed by atoms with van der Waals surface area (Å²) in [6.45, 7) is 1.28. The van der Waals surface area contributed by atoms with E-state index in [-0.39, 0.29) is 0 Å². The third-order valence-corrected chi connectivity index (χ3v) is 1.73. The highest BCUT2D eigenvalue weighted by Crippen LogP contribution is 2.27. The van der Waals surface area contributed by atoms with Crippen molar-refractivity contribution in [3.8, 4) is 0 Å². The molecule has 0 aromatic rings. The van der Waals surface area contributed by atoms with E-state index in [1.54, 1.807) is 0 Å². The Bertz CT molecular complexity index is 112. The molecule has 1 atom stereocenters. The fourth-order valence-electron chi connectivity index (χ4n) is 0.522. The largest absolute Gasteiger partial charge is 0.523 e. The van der Waals surface area contributed by atoms with Crippen LogP contribution in [0.3, 0.4) is 0 Å². The molecule has 10 heavy (non-hydrogen) atoms. The summed E-state index contributed by atoms with van der Waals surface area (Å²) >= 11 is 1.06. The summed E-state index contributed by atoms with van der Waals surface area (Å²) in [6, 6.07) is 0. The van der Waals surface area contributed by atoms with E-state index in [9.17, 15) is 13.2 Å². The minimum atomic E-state index is -4.53. The molecule has 1 radical (unpaired) electrons. The maximum absolute atomic E-state index is 11.4. The molecule has 0 spiro atoms. The molecule has 59 valence electrons. The van der Waals surface area contributed by atoms with Crippen molar-refractivity contribution in [1.29, 1.82) is 0 Å². The van der Waals surface area contributed by atoms with Crippen LogP contribution in [0.1, 0.15) is 0 Å². The van der Waals surface area contributed by atoms with E-state index in [0.717, 1.165) is 11.8 Å². The topological polar surface area (TPSA) is 21.3 Å². The highest BCUT2D eigenvalue weighted by molar-refractivity contribution is 8.00. The van der Waals surface area contributed by atoms with Crippen molar-refractivity contribution < 1.29 is 17.9 Å². The van der Waals surface area contributed by atoms with Crippen molar-refractivity contribution in [3.05, 3.63) is 6.54 Å². The number of hydrogen-bond acceptors (Lipinski definition) is 3. The molecule has 0 aromatic heterocycles. The molecule has 1 aliphatic heterocycles.